The molecular formula is C20H18NO2+. The Morgan fingerprint density at radius 3 is 2.57 bits per heavy atom. The molecule has 0 saturated carbocycles. The van der Waals surface area contributed by atoms with Gasteiger partial charge in [-0.05, 0) is 24.3 Å². The van der Waals surface area contributed by atoms with Crippen molar-refractivity contribution in [2.45, 2.75) is 6.92 Å². The fourth-order valence-electron chi connectivity index (χ4n) is 3.17. The highest BCUT2D eigenvalue weighted by Gasteiger charge is 2.23. The smallest absolute Gasteiger partial charge is 0.217 e. The summed E-state index contributed by atoms with van der Waals surface area (Å²) in [7, 11) is 3.79. The first-order valence-electron chi connectivity index (χ1n) is 7.65. The van der Waals surface area contributed by atoms with E-state index in [0.29, 0.717) is 0 Å². The van der Waals surface area contributed by atoms with Crippen molar-refractivity contribution in [1.29, 1.82) is 0 Å². The van der Waals surface area contributed by atoms with Crippen LogP contribution in [0.4, 0.5) is 0 Å². The van der Waals surface area contributed by atoms with E-state index in [1.807, 2.05) is 30.3 Å². The van der Waals surface area contributed by atoms with Crippen LogP contribution in [0, 0.1) is 6.92 Å². The Balaban J connectivity index is 2.21. The minimum absolute atomic E-state index is 0.852. The minimum Gasteiger partial charge on any atom is -0.496 e. The van der Waals surface area contributed by atoms with Gasteiger partial charge in [0.2, 0.25) is 5.69 Å². The average Bonchev–Trinajstić information content (AvgIpc) is 2.95. The third kappa shape index (κ3) is 2.00. The van der Waals surface area contributed by atoms with Crippen LogP contribution in [0.25, 0.3) is 33.2 Å². The van der Waals surface area contributed by atoms with Crippen molar-refractivity contribution in [1.82, 2.24) is 0 Å². The Bertz CT molecular complexity index is 1030. The number of methoxy groups -OCH3 is 1. The third-order valence-corrected chi connectivity index (χ3v) is 4.46. The maximum Gasteiger partial charge on any atom is 0.217 e. The van der Waals surface area contributed by atoms with Crippen LogP contribution in [0.5, 0.6) is 5.75 Å². The molecule has 0 aliphatic carbocycles. The van der Waals surface area contributed by atoms with Crippen molar-refractivity contribution >= 4 is 21.9 Å². The molecule has 114 valence electrons. The summed E-state index contributed by atoms with van der Waals surface area (Å²) in [5.41, 5.74) is 5.14. The number of aromatic nitrogens is 1. The molecule has 0 atom stereocenters. The van der Waals surface area contributed by atoms with Gasteiger partial charge in [0.05, 0.1) is 12.7 Å². The molecule has 0 radical (unpaired) electrons. The van der Waals surface area contributed by atoms with Crippen molar-refractivity contribution in [3.05, 3.63) is 60.3 Å². The van der Waals surface area contributed by atoms with Crippen molar-refractivity contribution in [2.24, 2.45) is 7.05 Å². The highest BCUT2D eigenvalue weighted by atomic mass is 16.5. The molecule has 3 nitrogen and oxygen atoms in total. The summed E-state index contributed by atoms with van der Waals surface area (Å²) >= 11 is 0. The maximum atomic E-state index is 6.02. The predicted molar refractivity (Wildman–Crippen MR) is 91.6 cm³/mol. The summed E-state index contributed by atoms with van der Waals surface area (Å²) in [5, 5.41) is 2.21. The summed E-state index contributed by atoms with van der Waals surface area (Å²) in [6.07, 6.45) is 0. The van der Waals surface area contributed by atoms with Gasteiger partial charge in [0.15, 0.2) is 5.69 Å². The topological polar surface area (TPSA) is 26.2 Å². The summed E-state index contributed by atoms with van der Waals surface area (Å²) in [5.74, 6) is 0.852. The first-order chi connectivity index (χ1) is 11.2. The molecule has 0 amide bonds. The van der Waals surface area contributed by atoms with Gasteiger partial charge in [-0.25, -0.2) is 0 Å². The molecule has 0 spiro atoms. The lowest BCUT2D eigenvalue weighted by Crippen LogP contribution is -2.34. The second kappa shape index (κ2) is 5.13. The number of benzene rings is 2. The Labute approximate surface area is 134 Å². The van der Waals surface area contributed by atoms with Crippen LogP contribution >= 0.6 is 0 Å². The zero-order chi connectivity index (χ0) is 16.0. The second-order valence-electron chi connectivity index (χ2n) is 5.73. The van der Waals surface area contributed by atoms with Crippen molar-refractivity contribution in [2.75, 3.05) is 7.11 Å². The van der Waals surface area contributed by atoms with E-state index in [1.165, 1.54) is 5.69 Å². The highest BCUT2D eigenvalue weighted by Crippen LogP contribution is 2.40. The fraction of sp³-hybridized carbons (Fsp3) is 0.150. The lowest BCUT2D eigenvalue weighted by atomic mass is 10.0. The van der Waals surface area contributed by atoms with Crippen LogP contribution in [-0.2, 0) is 7.05 Å². The minimum atomic E-state index is 0.852. The van der Waals surface area contributed by atoms with Gasteiger partial charge < -0.3 is 9.15 Å². The first-order valence-corrected chi connectivity index (χ1v) is 7.65. The van der Waals surface area contributed by atoms with Crippen LogP contribution in [0.1, 0.15) is 5.69 Å². The van der Waals surface area contributed by atoms with E-state index in [2.05, 4.69) is 42.8 Å². The standard InChI is InChI=1S/C20H18NO2/c1-13-7-6-9-15(21(13)2)20-17(22-3)11-12-18-19(20)14-8-4-5-10-16(14)23-18/h4-12H,1-3H3/q+1. The lowest BCUT2D eigenvalue weighted by Gasteiger charge is -2.09. The molecule has 0 saturated heterocycles. The van der Waals surface area contributed by atoms with Crippen molar-refractivity contribution in [3.8, 4) is 17.0 Å². The zero-order valence-electron chi connectivity index (χ0n) is 13.5. The SMILES string of the molecule is COc1ccc2oc3ccccc3c2c1-c1cccc(C)[n+]1C. The summed E-state index contributed by atoms with van der Waals surface area (Å²) in [6, 6.07) is 18.4. The molecule has 3 heteroatoms. The Morgan fingerprint density at radius 2 is 1.74 bits per heavy atom. The van der Waals surface area contributed by atoms with Crippen LogP contribution in [0.15, 0.2) is 59.0 Å². The summed E-state index contributed by atoms with van der Waals surface area (Å²) < 4.78 is 13.9. The lowest BCUT2D eigenvalue weighted by molar-refractivity contribution is -0.666. The van der Waals surface area contributed by atoms with Crippen LogP contribution in [-0.4, -0.2) is 7.11 Å². The number of ether oxygens (including phenoxy) is 1. The quantitative estimate of drug-likeness (QED) is 0.513. The van der Waals surface area contributed by atoms with Gasteiger partial charge >= 0.3 is 0 Å². The molecule has 0 unspecified atom stereocenters. The monoisotopic (exact) mass is 304 g/mol. The number of rotatable bonds is 2. The predicted octanol–water partition coefficient (Wildman–Crippen LogP) is 4.39. The molecule has 4 aromatic rings. The number of fused-ring (bicyclic) bond motifs is 3. The average molecular weight is 304 g/mol. The molecule has 23 heavy (non-hydrogen) atoms. The third-order valence-electron chi connectivity index (χ3n) is 4.46. The van der Waals surface area contributed by atoms with Gasteiger partial charge in [-0.15, -0.1) is 0 Å². The first kappa shape index (κ1) is 13.8. The van der Waals surface area contributed by atoms with Gasteiger partial charge in [0, 0.05) is 29.8 Å². The Hall–Kier alpha value is -2.81. The molecule has 0 aliphatic rings. The molecule has 2 heterocycles. The number of nitrogens with zero attached hydrogens (tertiary/aromatic N) is 1. The van der Waals surface area contributed by atoms with Crippen LogP contribution < -0.4 is 9.30 Å². The van der Waals surface area contributed by atoms with E-state index >= 15 is 0 Å². The van der Waals surface area contributed by atoms with Gasteiger partial charge in [-0.1, -0.05) is 18.2 Å². The Morgan fingerprint density at radius 1 is 0.913 bits per heavy atom. The largest absolute Gasteiger partial charge is 0.496 e. The zero-order valence-corrected chi connectivity index (χ0v) is 13.5. The summed E-state index contributed by atoms with van der Waals surface area (Å²) in [4.78, 5) is 0. The molecule has 0 fully saturated rings. The molecule has 2 aromatic heterocycles. The molecule has 0 N–H and O–H groups in total. The van der Waals surface area contributed by atoms with Gasteiger partial charge in [0.25, 0.3) is 0 Å². The van der Waals surface area contributed by atoms with E-state index in [-0.39, 0.29) is 0 Å². The second-order valence-corrected chi connectivity index (χ2v) is 5.73. The van der Waals surface area contributed by atoms with E-state index in [9.17, 15) is 0 Å². The molecule has 0 bridgehead atoms. The number of pyridine rings is 1. The molecular weight excluding hydrogens is 286 g/mol. The number of hydrogen-bond donors (Lipinski definition) is 0. The normalized spacial score (nSPS) is 11.3. The van der Waals surface area contributed by atoms with Crippen LogP contribution in [0.2, 0.25) is 0 Å². The number of aryl methyl sites for hydroxylation is 1. The maximum absolute atomic E-state index is 6.02. The number of hydrogen-bond acceptors (Lipinski definition) is 2. The van der Waals surface area contributed by atoms with Gasteiger partial charge in [-0.2, -0.15) is 4.57 Å². The van der Waals surface area contributed by atoms with Crippen molar-refractivity contribution < 1.29 is 13.7 Å². The van der Waals surface area contributed by atoms with E-state index in [1.54, 1.807) is 7.11 Å². The van der Waals surface area contributed by atoms with Gasteiger partial charge in [-0.3, -0.25) is 0 Å². The summed E-state index contributed by atoms with van der Waals surface area (Å²) in [6.45, 7) is 2.10. The van der Waals surface area contributed by atoms with Gasteiger partial charge in [0.1, 0.15) is 24.0 Å². The van der Waals surface area contributed by atoms with Crippen LogP contribution in [0.3, 0.4) is 0 Å². The van der Waals surface area contributed by atoms with Crippen molar-refractivity contribution in [3.63, 3.8) is 0 Å². The highest BCUT2D eigenvalue weighted by molar-refractivity contribution is 6.13. The van der Waals surface area contributed by atoms with E-state index < -0.39 is 0 Å². The van der Waals surface area contributed by atoms with E-state index in [0.717, 1.165) is 38.9 Å². The molecule has 2 aromatic carbocycles. The number of furan rings is 1. The fourth-order valence-corrected chi connectivity index (χ4v) is 3.17. The van der Waals surface area contributed by atoms with E-state index in [4.69, 9.17) is 9.15 Å². The number of para-hydroxylation sites is 1. The Kier molecular flexibility index (Phi) is 3.08. The molecule has 4 rings (SSSR count). The molecule has 0 aliphatic heterocycles.